The summed E-state index contributed by atoms with van der Waals surface area (Å²) >= 11 is 0. The fourth-order valence-electron chi connectivity index (χ4n) is 1.91. The average molecular weight is 249 g/mol. The first-order chi connectivity index (χ1) is 8.05. The minimum atomic E-state index is -2.05. The van der Waals surface area contributed by atoms with Crippen LogP contribution in [0.3, 0.4) is 0 Å². The lowest BCUT2D eigenvalue weighted by Gasteiger charge is -2.22. The van der Waals surface area contributed by atoms with Crippen LogP contribution in [-0.4, -0.2) is 64.2 Å². The second-order valence-electron chi connectivity index (χ2n) is 4.51. The highest BCUT2D eigenvalue weighted by molar-refractivity contribution is 4.95. The van der Waals surface area contributed by atoms with Crippen molar-refractivity contribution in [2.24, 2.45) is 0 Å². The van der Waals surface area contributed by atoms with E-state index in [1.165, 1.54) is 0 Å². The predicted octanol–water partition coefficient (Wildman–Crippen LogP) is -1.43. The second kappa shape index (κ2) is 6.63. The summed E-state index contributed by atoms with van der Waals surface area (Å²) in [7, 11) is 0. The molecule has 0 amide bonds. The number of nitrogens with one attached hydrogen (secondary N) is 1. The van der Waals surface area contributed by atoms with Crippen LogP contribution < -0.4 is 5.32 Å². The first-order valence-electron chi connectivity index (χ1n) is 6.13. The van der Waals surface area contributed by atoms with Gasteiger partial charge in [0.2, 0.25) is 5.79 Å². The Bertz CT molecular complexity index is 228. The maximum absolute atomic E-state index is 9.64. The van der Waals surface area contributed by atoms with Gasteiger partial charge in [0.15, 0.2) is 0 Å². The summed E-state index contributed by atoms with van der Waals surface area (Å²) in [5, 5.41) is 40.8. The summed E-state index contributed by atoms with van der Waals surface area (Å²) in [5.41, 5.74) is 0. The first-order valence-corrected chi connectivity index (χ1v) is 6.13. The Labute approximate surface area is 101 Å². The Hall–Kier alpha value is -0.240. The van der Waals surface area contributed by atoms with E-state index >= 15 is 0 Å². The molecule has 0 radical (unpaired) electrons. The number of hydrogen-bond donors (Lipinski definition) is 5. The van der Waals surface area contributed by atoms with Crippen LogP contribution in [0.4, 0.5) is 0 Å². The molecule has 1 aliphatic heterocycles. The standard InChI is InChI=1S/C11H23NO5/c1-2-3-4-5-12-6-8-9(14)10(15)11(16,7-13)17-8/h8-10,12-16H,2-7H2,1H3/t8-,9+,10-,11+/m0/s1. The molecule has 1 aliphatic rings. The molecular weight excluding hydrogens is 226 g/mol. The normalized spacial score (nSPS) is 37.6. The number of aliphatic hydroxyl groups is 4. The maximum atomic E-state index is 9.64. The van der Waals surface area contributed by atoms with Crippen molar-refractivity contribution in [2.75, 3.05) is 19.7 Å². The zero-order valence-corrected chi connectivity index (χ0v) is 10.2. The van der Waals surface area contributed by atoms with Gasteiger partial charge in [-0.05, 0) is 13.0 Å². The summed E-state index contributed by atoms with van der Waals surface area (Å²) in [6.07, 6.45) is -0.0755. The van der Waals surface area contributed by atoms with Gasteiger partial charge in [0.25, 0.3) is 0 Å². The van der Waals surface area contributed by atoms with Crippen molar-refractivity contribution in [2.45, 2.75) is 50.3 Å². The van der Waals surface area contributed by atoms with Crippen molar-refractivity contribution >= 4 is 0 Å². The topological polar surface area (TPSA) is 102 Å². The van der Waals surface area contributed by atoms with Crippen molar-refractivity contribution in [3.8, 4) is 0 Å². The fraction of sp³-hybridized carbons (Fsp3) is 1.00. The van der Waals surface area contributed by atoms with Gasteiger partial charge in [-0.1, -0.05) is 19.8 Å². The summed E-state index contributed by atoms with van der Waals surface area (Å²) in [6.45, 7) is 2.51. The van der Waals surface area contributed by atoms with Gasteiger partial charge < -0.3 is 30.5 Å². The molecule has 0 aromatic carbocycles. The molecular formula is C11H23NO5. The fourth-order valence-corrected chi connectivity index (χ4v) is 1.91. The summed E-state index contributed by atoms with van der Waals surface area (Å²) < 4.78 is 5.07. The summed E-state index contributed by atoms with van der Waals surface area (Å²) in [6, 6.07) is 0. The van der Waals surface area contributed by atoms with Crippen LogP contribution in [0.5, 0.6) is 0 Å². The number of ether oxygens (including phenoxy) is 1. The molecule has 0 aromatic rings. The Morgan fingerprint density at radius 2 is 2.00 bits per heavy atom. The van der Waals surface area contributed by atoms with Crippen LogP contribution in [0.25, 0.3) is 0 Å². The quantitative estimate of drug-likeness (QED) is 0.354. The number of hydrogen-bond acceptors (Lipinski definition) is 6. The molecule has 0 saturated carbocycles. The van der Waals surface area contributed by atoms with Crippen LogP contribution in [0.15, 0.2) is 0 Å². The molecule has 0 spiro atoms. The Morgan fingerprint density at radius 1 is 1.29 bits per heavy atom. The molecule has 5 N–H and O–H groups in total. The minimum Gasteiger partial charge on any atom is -0.391 e. The maximum Gasteiger partial charge on any atom is 0.219 e. The van der Waals surface area contributed by atoms with Gasteiger partial charge in [-0.25, -0.2) is 0 Å². The lowest BCUT2D eigenvalue weighted by Crippen LogP contribution is -2.46. The van der Waals surface area contributed by atoms with E-state index in [0.717, 1.165) is 25.8 Å². The molecule has 102 valence electrons. The Morgan fingerprint density at radius 3 is 2.53 bits per heavy atom. The number of rotatable bonds is 7. The van der Waals surface area contributed by atoms with Crippen LogP contribution in [0.1, 0.15) is 26.2 Å². The second-order valence-corrected chi connectivity index (χ2v) is 4.51. The summed E-state index contributed by atoms with van der Waals surface area (Å²) in [5.74, 6) is -2.05. The van der Waals surface area contributed by atoms with Crippen LogP contribution in [-0.2, 0) is 4.74 Å². The van der Waals surface area contributed by atoms with E-state index < -0.39 is 30.7 Å². The molecule has 1 rings (SSSR count). The van der Waals surface area contributed by atoms with Crippen molar-refractivity contribution in [3.63, 3.8) is 0 Å². The highest BCUT2D eigenvalue weighted by Crippen LogP contribution is 2.28. The van der Waals surface area contributed by atoms with E-state index in [2.05, 4.69) is 12.2 Å². The van der Waals surface area contributed by atoms with Gasteiger partial charge in [-0.15, -0.1) is 0 Å². The molecule has 6 heteroatoms. The van der Waals surface area contributed by atoms with Gasteiger partial charge in [0.1, 0.15) is 18.3 Å². The smallest absolute Gasteiger partial charge is 0.219 e. The van der Waals surface area contributed by atoms with E-state index in [4.69, 9.17) is 9.84 Å². The van der Waals surface area contributed by atoms with Crippen LogP contribution in [0.2, 0.25) is 0 Å². The van der Waals surface area contributed by atoms with Gasteiger partial charge in [-0.2, -0.15) is 0 Å². The molecule has 6 nitrogen and oxygen atoms in total. The molecule has 0 aromatic heterocycles. The zero-order chi connectivity index (χ0) is 12.9. The highest BCUT2D eigenvalue weighted by Gasteiger charge is 2.52. The van der Waals surface area contributed by atoms with Crippen LogP contribution >= 0.6 is 0 Å². The van der Waals surface area contributed by atoms with Crippen molar-refractivity contribution < 1.29 is 25.2 Å². The van der Waals surface area contributed by atoms with Crippen LogP contribution in [0, 0.1) is 0 Å². The van der Waals surface area contributed by atoms with E-state index in [1.807, 2.05) is 0 Å². The molecule has 17 heavy (non-hydrogen) atoms. The predicted molar refractivity (Wildman–Crippen MR) is 61.3 cm³/mol. The third-order valence-electron chi connectivity index (χ3n) is 3.05. The van der Waals surface area contributed by atoms with Crippen molar-refractivity contribution in [1.29, 1.82) is 0 Å². The molecule has 1 heterocycles. The zero-order valence-electron chi connectivity index (χ0n) is 10.2. The molecule has 1 saturated heterocycles. The third-order valence-corrected chi connectivity index (χ3v) is 3.05. The largest absolute Gasteiger partial charge is 0.391 e. The average Bonchev–Trinajstić information content (AvgIpc) is 2.55. The van der Waals surface area contributed by atoms with Crippen molar-refractivity contribution in [1.82, 2.24) is 5.32 Å². The molecule has 0 aliphatic carbocycles. The monoisotopic (exact) mass is 249 g/mol. The van der Waals surface area contributed by atoms with Gasteiger partial charge in [0.05, 0.1) is 6.61 Å². The number of unbranched alkanes of at least 4 members (excludes halogenated alkanes) is 2. The van der Waals surface area contributed by atoms with Gasteiger partial charge >= 0.3 is 0 Å². The molecule has 0 bridgehead atoms. The van der Waals surface area contributed by atoms with Gasteiger partial charge in [0, 0.05) is 6.54 Å². The highest BCUT2D eigenvalue weighted by atomic mass is 16.7. The molecule has 1 fully saturated rings. The third kappa shape index (κ3) is 3.61. The Kier molecular flexibility index (Phi) is 5.78. The van der Waals surface area contributed by atoms with E-state index in [-0.39, 0.29) is 0 Å². The summed E-state index contributed by atoms with van der Waals surface area (Å²) in [4.78, 5) is 0. The minimum absolute atomic E-state index is 0.338. The number of aliphatic hydroxyl groups excluding tert-OH is 3. The lowest BCUT2D eigenvalue weighted by atomic mass is 10.1. The molecule has 0 unspecified atom stereocenters. The van der Waals surface area contributed by atoms with E-state index in [9.17, 15) is 15.3 Å². The SMILES string of the molecule is CCCCCNC[C@@H]1O[C@](O)(CO)[C@@H](O)[C@@H]1O. The first kappa shape index (κ1) is 14.8. The van der Waals surface area contributed by atoms with E-state index in [1.54, 1.807) is 0 Å². The lowest BCUT2D eigenvalue weighted by molar-refractivity contribution is -0.245. The Balaban J connectivity index is 2.30. The van der Waals surface area contributed by atoms with Gasteiger partial charge in [-0.3, -0.25) is 0 Å². The molecule has 4 atom stereocenters. The van der Waals surface area contributed by atoms with E-state index in [0.29, 0.717) is 6.54 Å². The van der Waals surface area contributed by atoms with Crippen molar-refractivity contribution in [3.05, 3.63) is 0 Å².